The van der Waals surface area contributed by atoms with E-state index in [-0.39, 0.29) is 6.04 Å². The fourth-order valence-electron chi connectivity index (χ4n) is 2.78. The fourth-order valence-corrected chi connectivity index (χ4v) is 3.47. The van der Waals surface area contributed by atoms with Gasteiger partial charge in [0.15, 0.2) is 0 Å². The molecule has 112 valence electrons. The molecule has 1 atom stereocenters. The number of hydrogen-bond donors (Lipinski definition) is 1. The molecular weight excluding hydrogens is 338 g/mol. The van der Waals surface area contributed by atoms with E-state index < -0.39 is 0 Å². The first-order valence-corrected chi connectivity index (χ1v) is 8.36. The third-order valence-corrected chi connectivity index (χ3v) is 5.00. The number of halogens is 2. The highest BCUT2D eigenvalue weighted by molar-refractivity contribution is 9.10. The maximum absolute atomic E-state index is 6.11. The minimum absolute atomic E-state index is 0.200. The molecule has 1 aromatic rings. The van der Waals surface area contributed by atoms with E-state index in [2.05, 4.69) is 32.8 Å². The average molecular weight is 361 g/mol. The lowest BCUT2D eigenvalue weighted by atomic mass is 10.1. The van der Waals surface area contributed by atoms with Crippen LogP contribution in [-0.4, -0.2) is 49.6 Å². The van der Waals surface area contributed by atoms with E-state index in [1.807, 2.05) is 18.2 Å². The highest BCUT2D eigenvalue weighted by Gasteiger charge is 2.20. The second-order valence-electron chi connectivity index (χ2n) is 5.45. The van der Waals surface area contributed by atoms with Crippen LogP contribution in [0.15, 0.2) is 22.7 Å². The molecule has 1 heterocycles. The van der Waals surface area contributed by atoms with Crippen LogP contribution >= 0.6 is 27.5 Å². The summed E-state index contributed by atoms with van der Waals surface area (Å²) in [6.45, 7) is 5.21. The summed E-state index contributed by atoms with van der Waals surface area (Å²) in [6.07, 6.45) is 2.67. The average Bonchev–Trinajstić information content (AvgIpc) is 2.94. The molecule has 1 aliphatic heterocycles. The van der Waals surface area contributed by atoms with E-state index in [0.29, 0.717) is 6.54 Å². The standard InChI is InChI=1S/C15H23BrClN3/c1-19(8-9-20-6-2-3-7-20)15(11-18)13-10-12(17)4-5-14(13)16/h4-5,10,15H,2-3,6-9,11,18H2,1H3. The number of likely N-dealkylation sites (N-methyl/N-ethyl adjacent to an activating group) is 1. The van der Waals surface area contributed by atoms with E-state index in [9.17, 15) is 0 Å². The Balaban J connectivity index is 2.00. The van der Waals surface area contributed by atoms with Crippen molar-refractivity contribution in [2.75, 3.05) is 39.8 Å². The number of nitrogens with zero attached hydrogens (tertiary/aromatic N) is 2. The fraction of sp³-hybridized carbons (Fsp3) is 0.600. The monoisotopic (exact) mass is 359 g/mol. The smallest absolute Gasteiger partial charge is 0.0479 e. The predicted molar refractivity (Wildman–Crippen MR) is 89.3 cm³/mol. The molecule has 2 N–H and O–H groups in total. The lowest BCUT2D eigenvalue weighted by Crippen LogP contribution is -2.36. The molecule has 0 aliphatic carbocycles. The summed E-state index contributed by atoms with van der Waals surface area (Å²) in [4.78, 5) is 4.85. The Morgan fingerprint density at radius 3 is 2.75 bits per heavy atom. The first-order valence-electron chi connectivity index (χ1n) is 7.19. The van der Waals surface area contributed by atoms with Crippen LogP contribution in [0.5, 0.6) is 0 Å². The molecule has 1 fully saturated rings. The van der Waals surface area contributed by atoms with Gasteiger partial charge in [0.05, 0.1) is 0 Å². The summed E-state index contributed by atoms with van der Waals surface area (Å²) in [5.74, 6) is 0. The molecule has 1 saturated heterocycles. The van der Waals surface area contributed by atoms with E-state index in [1.165, 1.54) is 31.5 Å². The first kappa shape index (κ1) is 16.2. The largest absolute Gasteiger partial charge is 0.329 e. The number of likely N-dealkylation sites (tertiary alicyclic amines) is 1. The van der Waals surface area contributed by atoms with Crippen LogP contribution in [0.3, 0.4) is 0 Å². The van der Waals surface area contributed by atoms with Gasteiger partial charge in [-0.05, 0) is 56.7 Å². The molecule has 0 radical (unpaired) electrons. The van der Waals surface area contributed by atoms with Crippen molar-refractivity contribution in [1.29, 1.82) is 0 Å². The molecule has 0 spiro atoms. The van der Waals surface area contributed by atoms with Crippen molar-refractivity contribution < 1.29 is 0 Å². The molecular formula is C15H23BrClN3. The molecule has 0 aromatic heterocycles. The van der Waals surface area contributed by atoms with Crippen LogP contribution in [-0.2, 0) is 0 Å². The molecule has 2 rings (SSSR count). The molecule has 1 unspecified atom stereocenters. The number of rotatable bonds is 6. The molecule has 1 aliphatic rings. The molecule has 20 heavy (non-hydrogen) atoms. The zero-order valence-electron chi connectivity index (χ0n) is 12.0. The van der Waals surface area contributed by atoms with Crippen molar-refractivity contribution in [3.63, 3.8) is 0 Å². The van der Waals surface area contributed by atoms with Gasteiger partial charge >= 0.3 is 0 Å². The Hall–Kier alpha value is -0.130. The highest BCUT2D eigenvalue weighted by Crippen LogP contribution is 2.29. The van der Waals surface area contributed by atoms with Crippen LogP contribution in [0.1, 0.15) is 24.4 Å². The van der Waals surface area contributed by atoms with Gasteiger partial charge < -0.3 is 10.6 Å². The summed E-state index contributed by atoms with van der Waals surface area (Å²) in [5, 5.41) is 0.759. The number of benzene rings is 1. The first-order chi connectivity index (χ1) is 9.61. The minimum Gasteiger partial charge on any atom is -0.329 e. The Bertz CT molecular complexity index is 435. The molecule has 1 aromatic carbocycles. The third-order valence-electron chi connectivity index (χ3n) is 4.04. The van der Waals surface area contributed by atoms with Crippen LogP contribution in [0.2, 0.25) is 5.02 Å². The van der Waals surface area contributed by atoms with Gasteiger partial charge in [0.1, 0.15) is 0 Å². The number of hydrogen-bond acceptors (Lipinski definition) is 3. The maximum Gasteiger partial charge on any atom is 0.0479 e. The summed E-state index contributed by atoms with van der Waals surface area (Å²) in [5.41, 5.74) is 7.16. The zero-order valence-corrected chi connectivity index (χ0v) is 14.3. The van der Waals surface area contributed by atoms with Gasteiger partial charge in [0.25, 0.3) is 0 Å². The van der Waals surface area contributed by atoms with E-state index in [4.69, 9.17) is 17.3 Å². The van der Waals surface area contributed by atoms with Crippen LogP contribution in [0.4, 0.5) is 0 Å². The normalized spacial score (nSPS) is 17.9. The molecule has 0 saturated carbocycles. The molecule has 5 heteroatoms. The van der Waals surface area contributed by atoms with Gasteiger partial charge in [0, 0.05) is 35.2 Å². The van der Waals surface area contributed by atoms with Gasteiger partial charge in [-0.2, -0.15) is 0 Å². The summed E-state index contributed by atoms with van der Waals surface area (Å²) in [7, 11) is 2.14. The Labute approximate surface area is 135 Å². The second-order valence-corrected chi connectivity index (χ2v) is 6.74. The Kier molecular flexibility index (Phi) is 6.30. The van der Waals surface area contributed by atoms with Crippen LogP contribution in [0.25, 0.3) is 0 Å². The van der Waals surface area contributed by atoms with Gasteiger partial charge in [-0.1, -0.05) is 27.5 Å². The highest BCUT2D eigenvalue weighted by atomic mass is 79.9. The Morgan fingerprint density at radius 2 is 2.10 bits per heavy atom. The zero-order chi connectivity index (χ0) is 14.5. The predicted octanol–water partition coefficient (Wildman–Crippen LogP) is 3.13. The summed E-state index contributed by atoms with van der Waals surface area (Å²) < 4.78 is 1.07. The lowest BCUT2D eigenvalue weighted by Gasteiger charge is -2.30. The van der Waals surface area contributed by atoms with E-state index in [1.54, 1.807) is 0 Å². The second kappa shape index (κ2) is 7.76. The van der Waals surface area contributed by atoms with Gasteiger partial charge in [0.2, 0.25) is 0 Å². The van der Waals surface area contributed by atoms with Gasteiger partial charge in [-0.25, -0.2) is 0 Å². The lowest BCUT2D eigenvalue weighted by molar-refractivity contribution is 0.209. The van der Waals surface area contributed by atoms with Crippen molar-refractivity contribution in [3.8, 4) is 0 Å². The van der Waals surface area contributed by atoms with Gasteiger partial charge in [-0.3, -0.25) is 4.90 Å². The summed E-state index contributed by atoms with van der Waals surface area (Å²) in [6, 6.07) is 6.10. The number of nitrogens with two attached hydrogens (primary N) is 1. The Morgan fingerprint density at radius 1 is 1.40 bits per heavy atom. The SMILES string of the molecule is CN(CCN1CCCC1)C(CN)c1cc(Cl)ccc1Br. The van der Waals surface area contributed by atoms with Gasteiger partial charge in [-0.15, -0.1) is 0 Å². The van der Waals surface area contributed by atoms with E-state index >= 15 is 0 Å². The molecule has 0 amide bonds. The molecule has 0 bridgehead atoms. The van der Waals surface area contributed by atoms with Crippen LogP contribution in [0, 0.1) is 0 Å². The van der Waals surface area contributed by atoms with E-state index in [0.717, 1.165) is 22.6 Å². The van der Waals surface area contributed by atoms with Crippen molar-refractivity contribution in [2.24, 2.45) is 5.73 Å². The van der Waals surface area contributed by atoms with Crippen molar-refractivity contribution in [1.82, 2.24) is 9.80 Å². The van der Waals surface area contributed by atoms with Crippen LogP contribution < -0.4 is 5.73 Å². The molecule has 3 nitrogen and oxygen atoms in total. The topological polar surface area (TPSA) is 32.5 Å². The van der Waals surface area contributed by atoms with Crippen molar-refractivity contribution in [3.05, 3.63) is 33.3 Å². The quantitative estimate of drug-likeness (QED) is 0.846. The maximum atomic E-state index is 6.11. The third kappa shape index (κ3) is 4.18. The minimum atomic E-state index is 0.200. The van der Waals surface area contributed by atoms with Crippen molar-refractivity contribution in [2.45, 2.75) is 18.9 Å². The summed E-state index contributed by atoms with van der Waals surface area (Å²) >= 11 is 9.72. The van der Waals surface area contributed by atoms with Crippen molar-refractivity contribution >= 4 is 27.5 Å².